The molecule has 1 aliphatic heterocycles. The van der Waals surface area contributed by atoms with Crippen LogP contribution in [-0.2, 0) is 6.54 Å². The molecule has 0 saturated carbocycles. The standard InChI is InChI=1S/C17H19FN6S/c1-25-17-14-15(21-22-17)19-11-20-16(14)24-8-6-23(7-9-24)10-12-2-4-13(18)5-3-12/h2-5,11H,6-10H2,1H3,(H,19,20,21,22). The van der Waals surface area contributed by atoms with Gasteiger partial charge in [-0.3, -0.25) is 10.00 Å². The number of piperazine rings is 1. The van der Waals surface area contributed by atoms with Crippen molar-refractivity contribution in [2.45, 2.75) is 11.6 Å². The summed E-state index contributed by atoms with van der Waals surface area (Å²) in [6.45, 7) is 4.51. The molecule has 3 heterocycles. The average Bonchev–Trinajstić information content (AvgIpc) is 3.08. The third-order valence-corrected chi connectivity index (χ3v) is 5.17. The van der Waals surface area contributed by atoms with E-state index < -0.39 is 0 Å². The minimum atomic E-state index is -0.189. The first-order valence-corrected chi connectivity index (χ1v) is 9.42. The van der Waals surface area contributed by atoms with Gasteiger partial charge in [-0.05, 0) is 24.0 Å². The van der Waals surface area contributed by atoms with E-state index in [1.54, 1.807) is 18.1 Å². The molecule has 25 heavy (non-hydrogen) atoms. The molecule has 0 radical (unpaired) electrons. The van der Waals surface area contributed by atoms with Crippen LogP contribution in [0.2, 0.25) is 0 Å². The van der Waals surface area contributed by atoms with Crippen molar-refractivity contribution in [2.24, 2.45) is 0 Å². The molecule has 0 bridgehead atoms. The number of aromatic amines is 1. The zero-order valence-corrected chi connectivity index (χ0v) is 14.8. The van der Waals surface area contributed by atoms with Crippen LogP contribution in [0.5, 0.6) is 0 Å². The van der Waals surface area contributed by atoms with E-state index in [2.05, 4.69) is 30.0 Å². The Hall–Kier alpha value is -2.19. The van der Waals surface area contributed by atoms with E-state index in [1.165, 1.54) is 12.1 Å². The van der Waals surface area contributed by atoms with Gasteiger partial charge in [0.25, 0.3) is 0 Å². The lowest BCUT2D eigenvalue weighted by molar-refractivity contribution is 0.249. The fourth-order valence-corrected chi connectivity index (χ4v) is 3.70. The number of benzene rings is 1. The molecule has 0 spiro atoms. The van der Waals surface area contributed by atoms with E-state index in [9.17, 15) is 4.39 Å². The smallest absolute Gasteiger partial charge is 0.161 e. The molecule has 0 amide bonds. The van der Waals surface area contributed by atoms with Crippen LogP contribution in [0, 0.1) is 5.82 Å². The zero-order chi connectivity index (χ0) is 17.2. The van der Waals surface area contributed by atoms with Crippen molar-refractivity contribution in [3.05, 3.63) is 42.0 Å². The predicted octanol–water partition coefficient (Wildman–Crippen LogP) is 2.54. The van der Waals surface area contributed by atoms with Crippen molar-refractivity contribution in [3.8, 4) is 0 Å². The van der Waals surface area contributed by atoms with Crippen LogP contribution < -0.4 is 4.90 Å². The fraction of sp³-hybridized carbons (Fsp3) is 0.353. The Labute approximate surface area is 149 Å². The summed E-state index contributed by atoms with van der Waals surface area (Å²) in [6, 6.07) is 6.75. The van der Waals surface area contributed by atoms with E-state index in [4.69, 9.17) is 0 Å². The lowest BCUT2D eigenvalue weighted by Gasteiger charge is -2.35. The first-order chi connectivity index (χ1) is 12.2. The summed E-state index contributed by atoms with van der Waals surface area (Å²) in [5, 5.41) is 9.22. The topological polar surface area (TPSA) is 60.9 Å². The summed E-state index contributed by atoms with van der Waals surface area (Å²) in [5.41, 5.74) is 1.92. The van der Waals surface area contributed by atoms with E-state index >= 15 is 0 Å². The minimum absolute atomic E-state index is 0.189. The summed E-state index contributed by atoms with van der Waals surface area (Å²) in [5.74, 6) is 0.760. The quantitative estimate of drug-likeness (QED) is 0.723. The Morgan fingerprint density at radius 2 is 1.88 bits per heavy atom. The Kier molecular flexibility index (Phi) is 4.54. The van der Waals surface area contributed by atoms with Crippen molar-refractivity contribution in [1.82, 2.24) is 25.1 Å². The maximum absolute atomic E-state index is 13.0. The molecule has 0 atom stereocenters. The van der Waals surface area contributed by atoms with Gasteiger partial charge in [0.05, 0.1) is 5.39 Å². The second-order valence-corrected chi connectivity index (χ2v) is 6.84. The number of nitrogens with zero attached hydrogens (tertiary/aromatic N) is 5. The number of nitrogens with one attached hydrogen (secondary N) is 1. The summed E-state index contributed by atoms with van der Waals surface area (Å²) in [6.07, 6.45) is 3.60. The minimum Gasteiger partial charge on any atom is -0.353 e. The van der Waals surface area contributed by atoms with Gasteiger partial charge in [0.15, 0.2) is 5.65 Å². The molecule has 4 rings (SSSR count). The molecule has 2 aromatic heterocycles. The number of rotatable bonds is 4. The number of anilines is 1. The van der Waals surface area contributed by atoms with E-state index in [0.717, 1.165) is 60.2 Å². The van der Waals surface area contributed by atoms with E-state index in [1.807, 2.05) is 18.4 Å². The second kappa shape index (κ2) is 6.97. The summed E-state index contributed by atoms with van der Waals surface area (Å²) < 4.78 is 13.0. The van der Waals surface area contributed by atoms with Gasteiger partial charge in [0, 0.05) is 32.7 Å². The van der Waals surface area contributed by atoms with Crippen LogP contribution in [0.3, 0.4) is 0 Å². The van der Waals surface area contributed by atoms with Crippen LogP contribution in [0.25, 0.3) is 11.0 Å². The summed E-state index contributed by atoms with van der Waals surface area (Å²) >= 11 is 1.60. The number of hydrogen-bond acceptors (Lipinski definition) is 6. The van der Waals surface area contributed by atoms with Crippen LogP contribution >= 0.6 is 11.8 Å². The highest BCUT2D eigenvalue weighted by atomic mass is 32.2. The van der Waals surface area contributed by atoms with Gasteiger partial charge in [-0.15, -0.1) is 11.8 Å². The molecule has 1 aromatic carbocycles. The van der Waals surface area contributed by atoms with Gasteiger partial charge >= 0.3 is 0 Å². The molecule has 1 fully saturated rings. The first kappa shape index (κ1) is 16.3. The highest BCUT2D eigenvalue weighted by molar-refractivity contribution is 7.98. The molecule has 1 aliphatic rings. The number of aromatic nitrogens is 4. The molecule has 3 aromatic rings. The molecule has 130 valence electrons. The van der Waals surface area contributed by atoms with Crippen molar-refractivity contribution in [3.63, 3.8) is 0 Å². The summed E-state index contributed by atoms with van der Waals surface area (Å²) in [7, 11) is 0. The van der Waals surface area contributed by atoms with Gasteiger partial charge in [-0.25, -0.2) is 14.4 Å². The van der Waals surface area contributed by atoms with Crippen LogP contribution in [0.1, 0.15) is 5.56 Å². The van der Waals surface area contributed by atoms with E-state index in [0.29, 0.717) is 0 Å². The molecule has 1 N–H and O–H groups in total. The van der Waals surface area contributed by atoms with Gasteiger partial charge < -0.3 is 4.90 Å². The Morgan fingerprint density at radius 3 is 2.60 bits per heavy atom. The maximum Gasteiger partial charge on any atom is 0.161 e. The Bertz CT molecular complexity index is 857. The molecule has 0 unspecified atom stereocenters. The predicted molar refractivity (Wildman–Crippen MR) is 97.4 cm³/mol. The van der Waals surface area contributed by atoms with Crippen molar-refractivity contribution >= 4 is 28.6 Å². The normalized spacial score (nSPS) is 15.8. The highest BCUT2D eigenvalue weighted by Crippen LogP contribution is 2.30. The van der Waals surface area contributed by atoms with Crippen molar-refractivity contribution in [1.29, 1.82) is 0 Å². The molecule has 0 aliphatic carbocycles. The lowest BCUT2D eigenvalue weighted by atomic mass is 10.2. The molecule has 8 heteroatoms. The van der Waals surface area contributed by atoms with Gasteiger partial charge in [0.1, 0.15) is 23.0 Å². The third kappa shape index (κ3) is 3.32. The largest absolute Gasteiger partial charge is 0.353 e. The third-order valence-electron chi connectivity index (χ3n) is 4.49. The Morgan fingerprint density at radius 1 is 1.12 bits per heavy atom. The maximum atomic E-state index is 13.0. The zero-order valence-electron chi connectivity index (χ0n) is 13.9. The SMILES string of the molecule is CSc1n[nH]c2ncnc(N3CCN(Cc4ccc(F)cc4)CC3)c12. The number of thioether (sulfide) groups is 1. The first-order valence-electron chi connectivity index (χ1n) is 8.19. The average molecular weight is 358 g/mol. The van der Waals surface area contributed by atoms with E-state index in [-0.39, 0.29) is 5.82 Å². The van der Waals surface area contributed by atoms with Crippen molar-refractivity contribution < 1.29 is 4.39 Å². The van der Waals surface area contributed by atoms with Crippen LogP contribution in [-0.4, -0.2) is 57.5 Å². The van der Waals surface area contributed by atoms with Crippen LogP contribution in [0.4, 0.5) is 10.2 Å². The van der Waals surface area contributed by atoms with Crippen LogP contribution in [0.15, 0.2) is 35.6 Å². The second-order valence-electron chi connectivity index (χ2n) is 6.04. The van der Waals surface area contributed by atoms with Gasteiger partial charge in [-0.1, -0.05) is 12.1 Å². The molecule has 1 saturated heterocycles. The number of hydrogen-bond donors (Lipinski definition) is 1. The summed E-state index contributed by atoms with van der Waals surface area (Å²) in [4.78, 5) is 13.5. The Balaban J connectivity index is 1.47. The molecule has 6 nitrogen and oxygen atoms in total. The molecular weight excluding hydrogens is 339 g/mol. The van der Waals surface area contributed by atoms with Crippen molar-refractivity contribution in [2.75, 3.05) is 37.3 Å². The van der Waals surface area contributed by atoms with Gasteiger partial charge in [0.2, 0.25) is 0 Å². The number of H-pyrrole nitrogens is 1. The van der Waals surface area contributed by atoms with Gasteiger partial charge in [-0.2, -0.15) is 5.10 Å². The number of fused-ring (bicyclic) bond motifs is 1. The highest BCUT2D eigenvalue weighted by Gasteiger charge is 2.22. The molecular formula is C17H19FN6S. The fourth-order valence-electron chi connectivity index (χ4n) is 3.17. The lowest BCUT2D eigenvalue weighted by Crippen LogP contribution is -2.46. The number of halogens is 1. The monoisotopic (exact) mass is 358 g/mol.